The first-order valence-electron chi connectivity index (χ1n) is 6.51. The molecule has 0 fully saturated rings. The maximum absolute atomic E-state index is 11.0. The molecular formula is C16H22O2. The highest BCUT2D eigenvalue weighted by molar-refractivity contribution is 5.90. The van der Waals surface area contributed by atoms with Crippen LogP contribution in [-0.4, -0.2) is 11.1 Å². The number of allylic oxidation sites excluding steroid dienone is 1. The second-order valence-electron chi connectivity index (χ2n) is 4.75. The van der Waals surface area contributed by atoms with Gasteiger partial charge in [-0.05, 0) is 54.9 Å². The molecule has 0 saturated heterocycles. The van der Waals surface area contributed by atoms with Crippen LogP contribution in [0, 0.1) is 19.8 Å². The zero-order valence-corrected chi connectivity index (χ0v) is 11.7. The predicted molar refractivity (Wildman–Crippen MR) is 75.6 cm³/mol. The van der Waals surface area contributed by atoms with Gasteiger partial charge in [0.1, 0.15) is 0 Å². The van der Waals surface area contributed by atoms with Crippen LogP contribution in [0.25, 0.3) is 5.57 Å². The van der Waals surface area contributed by atoms with Crippen LogP contribution in [0.3, 0.4) is 0 Å². The van der Waals surface area contributed by atoms with Gasteiger partial charge in [0.2, 0.25) is 0 Å². The molecule has 0 heterocycles. The molecule has 0 bridgehead atoms. The number of aliphatic carboxylic acids is 1. The number of carboxylic acids is 1. The van der Waals surface area contributed by atoms with Crippen LogP contribution in [0.4, 0.5) is 0 Å². The van der Waals surface area contributed by atoms with Crippen LogP contribution in [0.1, 0.15) is 43.4 Å². The summed E-state index contributed by atoms with van der Waals surface area (Å²) >= 11 is 0. The van der Waals surface area contributed by atoms with Crippen molar-refractivity contribution in [1.82, 2.24) is 0 Å². The first-order chi connectivity index (χ1) is 8.49. The van der Waals surface area contributed by atoms with Crippen molar-refractivity contribution in [3.8, 4) is 0 Å². The van der Waals surface area contributed by atoms with Crippen LogP contribution < -0.4 is 0 Å². The quantitative estimate of drug-likeness (QED) is 0.790. The van der Waals surface area contributed by atoms with E-state index in [0.29, 0.717) is 5.92 Å². The summed E-state index contributed by atoms with van der Waals surface area (Å²) in [5, 5.41) is 9.03. The van der Waals surface area contributed by atoms with Crippen molar-refractivity contribution in [3.63, 3.8) is 0 Å². The molecule has 0 aliphatic carbocycles. The van der Waals surface area contributed by atoms with E-state index in [-0.39, 0.29) is 0 Å². The van der Waals surface area contributed by atoms with Crippen LogP contribution in [0.2, 0.25) is 0 Å². The maximum atomic E-state index is 11.0. The number of hydrogen-bond acceptors (Lipinski definition) is 1. The van der Waals surface area contributed by atoms with Gasteiger partial charge in [0.05, 0.1) is 0 Å². The average Bonchev–Trinajstić information content (AvgIpc) is 2.32. The number of carbonyl (C=O) groups is 1. The first kappa shape index (κ1) is 14.5. The number of aryl methyl sites for hydroxylation is 2. The Morgan fingerprint density at radius 1 is 1.22 bits per heavy atom. The van der Waals surface area contributed by atoms with E-state index in [4.69, 9.17) is 5.11 Å². The van der Waals surface area contributed by atoms with Gasteiger partial charge in [0, 0.05) is 6.08 Å². The molecule has 98 valence electrons. The summed E-state index contributed by atoms with van der Waals surface area (Å²) in [4.78, 5) is 11.0. The minimum absolute atomic E-state index is 0.309. The van der Waals surface area contributed by atoms with E-state index in [2.05, 4.69) is 39.8 Å². The minimum Gasteiger partial charge on any atom is -0.478 e. The lowest BCUT2D eigenvalue weighted by molar-refractivity contribution is -0.131. The number of hydrogen-bond donors (Lipinski definition) is 1. The number of carboxylic acid groups (broad SMARTS) is 1. The normalized spacial score (nSPS) is 11.9. The molecule has 0 unspecified atom stereocenters. The first-order valence-corrected chi connectivity index (χ1v) is 6.51. The highest BCUT2D eigenvalue weighted by atomic mass is 16.4. The van der Waals surface area contributed by atoms with Crippen molar-refractivity contribution in [3.05, 3.63) is 41.0 Å². The van der Waals surface area contributed by atoms with Gasteiger partial charge in [-0.3, -0.25) is 0 Å². The van der Waals surface area contributed by atoms with E-state index in [9.17, 15) is 4.79 Å². The highest BCUT2D eigenvalue weighted by Crippen LogP contribution is 2.29. The third kappa shape index (κ3) is 3.46. The molecule has 0 aromatic heterocycles. The largest absolute Gasteiger partial charge is 0.478 e. The molecule has 0 radical (unpaired) electrons. The molecule has 0 saturated carbocycles. The van der Waals surface area contributed by atoms with Crippen molar-refractivity contribution < 1.29 is 9.90 Å². The van der Waals surface area contributed by atoms with Crippen molar-refractivity contribution in [2.45, 2.75) is 40.5 Å². The molecule has 0 aliphatic rings. The Morgan fingerprint density at radius 3 is 2.28 bits per heavy atom. The zero-order valence-electron chi connectivity index (χ0n) is 11.7. The molecule has 0 amide bonds. The molecule has 0 aliphatic heterocycles. The summed E-state index contributed by atoms with van der Waals surface area (Å²) in [6.07, 6.45) is 3.28. The molecule has 1 aromatic rings. The summed E-state index contributed by atoms with van der Waals surface area (Å²) in [5.41, 5.74) is 4.41. The predicted octanol–water partition coefficient (Wildman–Crippen LogP) is 4.21. The monoisotopic (exact) mass is 246 g/mol. The Labute approximate surface area is 109 Å². The van der Waals surface area contributed by atoms with Crippen molar-refractivity contribution in [2.75, 3.05) is 0 Å². The smallest absolute Gasteiger partial charge is 0.328 e. The standard InChI is InChI=1S/C16H22O2/c1-5-13(6-2)15(10-16(17)18)14-8-7-11(3)12(4)9-14/h7-10,13H,5-6H2,1-4H3,(H,17,18)/b15-10+. The maximum Gasteiger partial charge on any atom is 0.328 e. The van der Waals surface area contributed by atoms with E-state index in [1.165, 1.54) is 17.2 Å². The lowest BCUT2D eigenvalue weighted by Crippen LogP contribution is -2.04. The van der Waals surface area contributed by atoms with Gasteiger partial charge in [-0.25, -0.2) is 4.79 Å². The summed E-state index contributed by atoms with van der Waals surface area (Å²) < 4.78 is 0. The number of rotatable bonds is 5. The van der Waals surface area contributed by atoms with Gasteiger partial charge in [-0.2, -0.15) is 0 Å². The number of benzene rings is 1. The van der Waals surface area contributed by atoms with Crippen molar-refractivity contribution in [2.24, 2.45) is 5.92 Å². The summed E-state index contributed by atoms with van der Waals surface area (Å²) in [7, 11) is 0. The van der Waals surface area contributed by atoms with Crippen LogP contribution >= 0.6 is 0 Å². The van der Waals surface area contributed by atoms with E-state index in [0.717, 1.165) is 24.0 Å². The fraction of sp³-hybridized carbons (Fsp3) is 0.438. The van der Waals surface area contributed by atoms with Gasteiger partial charge in [-0.1, -0.05) is 32.0 Å². The summed E-state index contributed by atoms with van der Waals surface area (Å²) in [5.74, 6) is -0.557. The second kappa shape index (κ2) is 6.39. The Bertz CT molecular complexity index is 454. The van der Waals surface area contributed by atoms with Crippen LogP contribution in [0.15, 0.2) is 24.3 Å². The lowest BCUT2D eigenvalue weighted by Gasteiger charge is -2.18. The van der Waals surface area contributed by atoms with Crippen molar-refractivity contribution in [1.29, 1.82) is 0 Å². The molecule has 1 rings (SSSR count). The average molecular weight is 246 g/mol. The minimum atomic E-state index is -0.866. The Hall–Kier alpha value is -1.57. The Balaban J connectivity index is 3.25. The Kier molecular flexibility index (Phi) is 5.14. The highest BCUT2D eigenvalue weighted by Gasteiger charge is 2.14. The second-order valence-corrected chi connectivity index (χ2v) is 4.75. The lowest BCUT2D eigenvalue weighted by atomic mass is 9.87. The van der Waals surface area contributed by atoms with Crippen LogP contribution in [0.5, 0.6) is 0 Å². The molecule has 1 N–H and O–H groups in total. The molecule has 2 nitrogen and oxygen atoms in total. The molecule has 0 atom stereocenters. The SMILES string of the molecule is CCC(CC)/C(=C\C(=O)O)c1ccc(C)c(C)c1. The third-order valence-electron chi connectivity index (χ3n) is 3.54. The fourth-order valence-corrected chi connectivity index (χ4v) is 2.22. The summed E-state index contributed by atoms with van der Waals surface area (Å²) in [6, 6.07) is 6.17. The molecule has 0 spiro atoms. The van der Waals surface area contributed by atoms with Crippen LogP contribution in [-0.2, 0) is 4.79 Å². The van der Waals surface area contributed by atoms with Gasteiger partial charge in [0.25, 0.3) is 0 Å². The zero-order chi connectivity index (χ0) is 13.7. The molecule has 1 aromatic carbocycles. The van der Waals surface area contributed by atoms with Gasteiger partial charge in [-0.15, -0.1) is 0 Å². The fourth-order valence-electron chi connectivity index (χ4n) is 2.22. The van der Waals surface area contributed by atoms with E-state index in [1.54, 1.807) is 0 Å². The molecular weight excluding hydrogens is 224 g/mol. The van der Waals surface area contributed by atoms with Gasteiger partial charge in [0.15, 0.2) is 0 Å². The Morgan fingerprint density at radius 2 is 1.83 bits per heavy atom. The van der Waals surface area contributed by atoms with Gasteiger partial charge < -0.3 is 5.11 Å². The summed E-state index contributed by atoms with van der Waals surface area (Å²) in [6.45, 7) is 8.33. The topological polar surface area (TPSA) is 37.3 Å². The van der Waals surface area contributed by atoms with Crippen molar-refractivity contribution >= 4 is 11.5 Å². The molecule has 2 heteroatoms. The third-order valence-corrected chi connectivity index (χ3v) is 3.54. The van der Waals surface area contributed by atoms with E-state index < -0.39 is 5.97 Å². The molecule has 18 heavy (non-hydrogen) atoms. The van der Waals surface area contributed by atoms with E-state index in [1.807, 2.05) is 6.07 Å². The van der Waals surface area contributed by atoms with E-state index >= 15 is 0 Å². The van der Waals surface area contributed by atoms with Gasteiger partial charge >= 0.3 is 5.97 Å².